The molecule has 0 aromatic carbocycles. The highest BCUT2D eigenvalue weighted by Gasteiger charge is 2.13. The van der Waals surface area contributed by atoms with Gasteiger partial charge in [-0.25, -0.2) is 9.97 Å². The molecule has 0 saturated carbocycles. The van der Waals surface area contributed by atoms with Gasteiger partial charge in [-0.15, -0.1) is 0 Å². The number of hydrogen-bond acceptors (Lipinski definition) is 3. The van der Waals surface area contributed by atoms with E-state index in [1.54, 1.807) is 12.1 Å². The van der Waals surface area contributed by atoms with Gasteiger partial charge < -0.3 is 5.32 Å². The van der Waals surface area contributed by atoms with Crippen LogP contribution in [0.25, 0.3) is 0 Å². The van der Waals surface area contributed by atoms with Crippen molar-refractivity contribution in [3.05, 3.63) is 52.6 Å². The lowest BCUT2D eigenvalue weighted by molar-refractivity contribution is 0.102. The van der Waals surface area contributed by atoms with Gasteiger partial charge in [0.05, 0.1) is 10.0 Å². The van der Waals surface area contributed by atoms with E-state index in [2.05, 4.69) is 31.2 Å². The third-order valence-corrected chi connectivity index (χ3v) is 2.63. The van der Waals surface area contributed by atoms with Gasteiger partial charge in [0.15, 0.2) is 0 Å². The second-order valence-electron chi connectivity index (χ2n) is 3.13. The minimum atomic E-state index is -0.808. The van der Waals surface area contributed by atoms with Gasteiger partial charge in [0, 0.05) is 12.4 Å². The molecule has 0 saturated heterocycles. The quantitative estimate of drug-likeness (QED) is 0.867. The number of nitrogens with one attached hydrogen (secondary N) is 1. The van der Waals surface area contributed by atoms with Gasteiger partial charge in [-0.1, -0.05) is 0 Å². The van der Waals surface area contributed by atoms with E-state index in [1.807, 2.05) is 0 Å². The predicted molar refractivity (Wildman–Crippen MR) is 64.1 cm³/mol. The van der Waals surface area contributed by atoms with Gasteiger partial charge in [-0.2, -0.15) is 4.39 Å². The van der Waals surface area contributed by atoms with Crippen molar-refractivity contribution in [1.29, 1.82) is 0 Å². The first-order valence-electron chi connectivity index (χ1n) is 4.71. The molecule has 2 aromatic heterocycles. The summed E-state index contributed by atoms with van der Waals surface area (Å²) in [4.78, 5) is 19.1. The van der Waals surface area contributed by atoms with Crippen LogP contribution in [-0.4, -0.2) is 15.9 Å². The van der Waals surface area contributed by atoms with Crippen molar-refractivity contribution in [1.82, 2.24) is 9.97 Å². The van der Waals surface area contributed by atoms with E-state index in [-0.39, 0.29) is 5.56 Å². The number of hydrogen-bond donors (Lipinski definition) is 1. The molecule has 2 rings (SSSR count). The minimum Gasteiger partial charge on any atom is -0.305 e. The van der Waals surface area contributed by atoms with Crippen LogP contribution in [0, 0.1) is 5.95 Å². The van der Waals surface area contributed by atoms with Crippen molar-refractivity contribution >= 4 is 27.7 Å². The number of rotatable bonds is 2. The fraction of sp³-hybridized carbons (Fsp3) is 0. The molecule has 0 bridgehead atoms. The maximum absolute atomic E-state index is 13.2. The Bertz CT molecular complexity index is 562. The maximum atomic E-state index is 13.2. The molecule has 6 heteroatoms. The van der Waals surface area contributed by atoms with Crippen molar-refractivity contribution in [2.75, 3.05) is 5.32 Å². The van der Waals surface area contributed by atoms with E-state index in [0.717, 1.165) is 0 Å². The monoisotopic (exact) mass is 295 g/mol. The van der Waals surface area contributed by atoms with E-state index in [0.29, 0.717) is 10.3 Å². The lowest BCUT2D eigenvalue weighted by atomic mass is 10.2. The lowest BCUT2D eigenvalue weighted by Gasteiger charge is -2.05. The molecule has 4 nitrogen and oxygen atoms in total. The van der Waals surface area contributed by atoms with Crippen LogP contribution in [0.5, 0.6) is 0 Å². The molecule has 1 N–H and O–H groups in total. The summed E-state index contributed by atoms with van der Waals surface area (Å²) in [6.07, 6.45) is 2.81. The summed E-state index contributed by atoms with van der Waals surface area (Å²) in [6.45, 7) is 0. The largest absolute Gasteiger partial charge is 0.305 e. The highest BCUT2D eigenvalue weighted by molar-refractivity contribution is 9.10. The van der Waals surface area contributed by atoms with Crippen molar-refractivity contribution < 1.29 is 9.18 Å². The van der Waals surface area contributed by atoms with Crippen LogP contribution >= 0.6 is 15.9 Å². The van der Waals surface area contributed by atoms with Crippen molar-refractivity contribution in [3.8, 4) is 0 Å². The number of anilines is 1. The molecule has 0 fully saturated rings. The van der Waals surface area contributed by atoms with Crippen LogP contribution in [0.15, 0.2) is 41.1 Å². The molecule has 1 amide bonds. The molecule has 0 radical (unpaired) electrons. The Morgan fingerprint density at radius 3 is 2.65 bits per heavy atom. The highest BCUT2D eigenvalue weighted by atomic mass is 79.9. The summed E-state index contributed by atoms with van der Waals surface area (Å²) >= 11 is 3.23. The second-order valence-corrected chi connectivity index (χ2v) is 3.98. The Kier molecular flexibility index (Phi) is 3.43. The third-order valence-electron chi connectivity index (χ3n) is 1.99. The zero-order valence-electron chi connectivity index (χ0n) is 8.52. The first kappa shape index (κ1) is 11.7. The molecule has 86 valence electrons. The standard InChI is InChI=1S/C11H7BrFN3O/c12-8-4-2-6-15-10(8)16-11(17)7-3-1-5-14-9(7)13/h1-6H,(H,15,16,17). The van der Waals surface area contributed by atoms with Crippen molar-refractivity contribution in [2.24, 2.45) is 0 Å². The number of amides is 1. The summed E-state index contributed by atoms with van der Waals surface area (Å²) in [5.74, 6) is -1.06. The number of halogens is 2. The maximum Gasteiger partial charge on any atom is 0.261 e. The van der Waals surface area contributed by atoms with E-state index < -0.39 is 11.9 Å². The van der Waals surface area contributed by atoms with Crippen LogP contribution in [0.1, 0.15) is 10.4 Å². The fourth-order valence-corrected chi connectivity index (χ4v) is 1.56. The van der Waals surface area contributed by atoms with Crippen LogP contribution in [0.2, 0.25) is 0 Å². The summed E-state index contributed by atoms with van der Waals surface area (Å²) < 4.78 is 13.9. The summed E-state index contributed by atoms with van der Waals surface area (Å²) in [7, 11) is 0. The molecule has 0 aliphatic rings. The molecule has 2 aromatic rings. The Morgan fingerprint density at radius 1 is 1.24 bits per heavy atom. The Hall–Kier alpha value is -1.82. The van der Waals surface area contributed by atoms with Gasteiger partial charge in [0.25, 0.3) is 5.91 Å². The number of carbonyl (C=O) groups excluding carboxylic acids is 1. The zero-order chi connectivity index (χ0) is 12.3. The van der Waals surface area contributed by atoms with E-state index in [4.69, 9.17) is 0 Å². The van der Waals surface area contributed by atoms with Crippen molar-refractivity contribution in [2.45, 2.75) is 0 Å². The smallest absolute Gasteiger partial charge is 0.261 e. The second kappa shape index (κ2) is 5.01. The van der Waals surface area contributed by atoms with Crippen LogP contribution in [-0.2, 0) is 0 Å². The molecular formula is C11H7BrFN3O. The van der Waals surface area contributed by atoms with Gasteiger partial charge >= 0.3 is 0 Å². The van der Waals surface area contributed by atoms with E-state index in [1.165, 1.54) is 24.5 Å². The third kappa shape index (κ3) is 2.65. The van der Waals surface area contributed by atoms with Gasteiger partial charge in [-0.05, 0) is 40.2 Å². The molecule has 0 aliphatic heterocycles. The van der Waals surface area contributed by atoms with Crippen molar-refractivity contribution in [3.63, 3.8) is 0 Å². The van der Waals surface area contributed by atoms with Crippen LogP contribution < -0.4 is 5.32 Å². The van der Waals surface area contributed by atoms with Crippen LogP contribution in [0.4, 0.5) is 10.2 Å². The van der Waals surface area contributed by atoms with Gasteiger partial charge in [0.2, 0.25) is 5.95 Å². The SMILES string of the molecule is O=C(Nc1ncccc1Br)c1cccnc1F. The predicted octanol–water partition coefficient (Wildman–Crippen LogP) is 2.63. The highest BCUT2D eigenvalue weighted by Crippen LogP contribution is 2.19. The molecule has 17 heavy (non-hydrogen) atoms. The average Bonchev–Trinajstić information content (AvgIpc) is 2.32. The normalized spacial score (nSPS) is 10.0. The average molecular weight is 296 g/mol. The molecule has 0 spiro atoms. The first-order valence-corrected chi connectivity index (χ1v) is 5.50. The van der Waals surface area contributed by atoms with Gasteiger partial charge in [0.1, 0.15) is 5.82 Å². The summed E-state index contributed by atoms with van der Waals surface area (Å²) in [5.41, 5.74) is -0.120. The summed E-state index contributed by atoms with van der Waals surface area (Å²) in [5, 5.41) is 2.49. The zero-order valence-corrected chi connectivity index (χ0v) is 10.1. The lowest BCUT2D eigenvalue weighted by Crippen LogP contribution is -2.15. The number of carbonyl (C=O) groups is 1. The molecular weight excluding hydrogens is 289 g/mol. The first-order chi connectivity index (χ1) is 8.18. The Balaban J connectivity index is 2.24. The molecule has 2 heterocycles. The molecule has 0 aliphatic carbocycles. The molecule has 0 atom stereocenters. The van der Waals surface area contributed by atoms with Gasteiger partial charge in [-0.3, -0.25) is 4.79 Å². The van der Waals surface area contributed by atoms with E-state index >= 15 is 0 Å². The van der Waals surface area contributed by atoms with Crippen LogP contribution in [0.3, 0.4) is 0 Å². The molecule has 0 unspecified atom stereocenters. The Labute approximate surface area is 105 Å². The fourth-order valence-electron chi connectivity index (χ4n) is 1.21. The summed E-state index contributed by atoms with van der Waals surface area (Å²) in [6, 6.07) is 6.28. The number of pyridine rings is 2. The minimum absolute atomic E-state index is 0.120. The Morgan fingerprint density at radius 2 is 1.94 bits per heavy atom. The van der Waals surface area contributed by atoms with E-state index in [9.17, 15) is 9.18 Å². The topological polar surface area (TPSA) is 54.9 Å². The number of nitrogens with zero attached hydrogens (tertiary/aromatic N) is 2. The number of aromatic nitrogens is 2.